The number of nitrogens with one attached hydrogen (secondary N) is 1. The minimum absolute atomic E-state index is 0.115. The second-order valence-electron chi connectivity index (χ2n) is 7.00. The van der Waals surface area contributed by atoms with E-state index in [9.17, 15) is 14.4 Å². The molecule has 0 bridgehead atoms. The standard InChI is InChI=1S/C22H25N3O4S/c1-4-6-11-25-13-23-20-17(21(25)27)14(3)18(30-20)19(26)24-16-9-7-15(8-10-16)22(28)29-12-5-2/h7-10,13H,4-6,11-12H2,1-3H3,(H,24,26). The van der Waals surface area contributed by atoms with Crippen LogP contribution in [-0.2, 0) is 11.3 Å². The Morgan fingerprint density at radius 1 is 1.17 bits per heavy atom. The number of carbonyl (C=O) groups excluding carboxylic acids is 2. The van der Waals surface area contributed by atoms with Crippen molar-refractivity contribution in [2.45, 2.75) is 46.6 Å². The molecule has 1 N–H and O–H groups in total. The first-order chi connectivity index (χ1) is 14.5. The summed E-state index contributed by atoms with van der Waals surface area (Å²) in [5, 5.41) is 3.32. The van der Waals surface area contributed by atoms with E-state index in [0.717, 1.165) is 19.3 Å². The Labute approximate surface area is 178 Å². The number of fused-ring (bicyclic) bond motifs is 1. The second kappa shape index (κ2) is 9.67. The number of benzene rings is 1. The van der Waals surface area contributed by atoms with Gasteiger partial charge in [-0.2, -0.15) is 0 Å². The summed E-state index contributed by atoms with van der Waals surface area (Å²) >= 11 is 1.20. The molecule has 0 radical (unpaired) electrons. The van der Waals surface area contributed by atoms with Gasteiger partial charge in [0.05, 0.1) is 28.8 Å². The maximum absolute atomic E-state index is 12.8. The fourth-order valence-electron chi connectivity index (χ4n) is 3.02. The van der Waals surface area contributed by atoms with Gasteiger partial charge in [0.25, 0.3) is 11.5 Å². The lowest BCUT2D eigenvalue weighted by molar-refractivity contribution is 0.0505. The highest BCUT2D eigenvalue weighted by Gasteiger charge is 2.19. The van der Waals surface area contributed by atoms with Crippen molar-refractivity contribution in [2.24, 2.45) is 0 Å². The Morgan fingerprint density at radius 3 is 2.57 bits per heavy atom. The Bertz CT molecular complexity index is 1120. The van der Waals surface area contributed by atoms with Crippen LogP contribution >= 0.6 is 11.3 Å². The van der Waals surface area contributed by atoms with Gasteiger partial charge in [0, 0.05) is 12.2 Å². The van der Waals surface area contributed by atoms with Gasteiger partial charge in [-0.15, -0.1) is 11.3 Å². The SMILES string of the molecule is CCCCn1cnc2sc(C(=O)Nc3ccc(C(=O)OCCC)cc3)c(C)c2c1=O. The summed E-state index contributed by atoms with van der Waals surface area (Å²) < 4.78 is 6.70. The van der Waals surface area contributed by atoms with Gasteiger partial charge in [-0.25, -0.2) is 9.78 Å². The van der Waals surface area contributed by atoms with Gasteiger partial charge in [-0.05, 0) is 49.6 Å². The number of unbranched alkanes of at least 4 members (excludes halogenated alkanes) is 1. The highest BCUT2D eigenvalue weighted by Crippen LogP contribution is 2.27. The van der Waals surface area contributed by atoms with Crippen LogP contribution in [-0.4, -0.2) is 28.0 Å². The Kier molecular flexibility index (Phi) is 6.99. The molecule has 0 aliphatic rings. The molecule has 1 aromatic carbocycles. The lowest BCUT2D eigenvalue weighted by Crippen LogP contribution is -2.20. The van der Waals surface area contributed by atoms with E-state index in [2.05, 4.69) is 17.2 Å². The molecule has 0 saturated heterocycles. The number of amides is 1. The van der Waals surface area contributed by atoms with Crippen LogP contribution in [0.25, 0.3) is 10.2 Å². The minimum Gasteiger partial charge on any atom is -0.462 e. The fourth-order valence-corrected chi connectivity index (χ4v) is 4.05. The van der Waals surface area contributed by atoms with Crippen molar-refractivity contribution in [1.82, 2.24) is 9.55 Å². The van der Waals surface area contributed by atoms with Crippen LogP contribution in [0.5, 0.6) is 0 Å². The van der Waals surface area contributed by atoms with Crippen LogP contribution in [0, 0.1) is 6.92 Å². The average Bonchev–Trinajstić information content (AvgIpc) is 3.09. The summed E-state index contributed by atoms with van der Waals surface area (Å²) in [6.45, 7) is 6.75. The third kappa shape index (κ3) is 4.59. The van der Waals surface area contributed by atoms with E-state index in [1.165, 1.54) is 11.3 Å². The number of carbonyl (C=O) groups is 2. The van der Waals surface area contributed by atoms with E-state index in [1.54, 1.807) is 42.1 Å². The number of nitrogens with zero attached hydrogens (tertiary/aromatic N) is 2. The molecule has 1 amide bonds. The van der Waals surface area contributed by atoms with Crippen molar-refractivity contribution in [3.8, 4) is 0 Å². The molecular weight excluding hydrogens is 402 g/mol. The van der Waals surface area contributed by atoms with Crippen LogP contribution in [0.1, 0.15) is 58.7 Å². The summed E-state index contributed by atoms with van der Waals surface area (Å²) in [5.41, 5.74) is 1.50. The average molecular weight is 428 g/mol. The summed E-state index contributed by atoms with van der Waals surface area (Å²) in [7, 11) is 0. The molecule has 0 fully saturated rings. The van der Waals surface area contributed by atoms with E-state index < -0.39 is 0 Å². The van der Waals surface area contributed by atoms with Crippen LogP contribution < -0.4 is 10.9 Å². The maximum atomic E-state index is 12.8. The van der Waals surface area contributed by atoms with E-state index in [0.29, 0.717) is 45.1 Å². The Morgan fingerprint density at radius 2 is 1.90 bits per heavy atom. The molecule has 7 nitrogen and oxygen atoms in total. The van der Waals surface area contributed by atoms with Crippen molar-refractivity contribution >= 4 is 39.1 Å². The molecule has 0 saturated carbocycles. The predicted octanol–water partition coefficient (Wildman–Crippen LogP) is 4.39. The number of hydrogen-bond acceptors (Lipinski definition) is 6. The summed E-state index contributed by atoms with van der Waals surface area (Å²) in [5.74, 6) is -0.697. The largest absolute Gasteiger partial charge is 0.462 e. The molecular formula is C22H25N3O4S. The zero-order chi connectivity index (χ0) is 21.7. The van der Waals surface area contributed by atoms with Crippen LogP contribution in [0.3, 0.4) is 0 Å². The van der Waals surface area contributed by atoms with Gasteiger partial charge >= 0.3 is 5.97 Å². The van der Waals surface area contributed by atoms with E-state index in [4.69, 9.17) is 4.74 Å². The first-order valence-electron chi connectivity index (χ1n) is 10.0. The van der Waals surface area contributed by atoms with Gasteiger partial charge in [0.15, 0.2) is 0 Å². The smallest absolute Gasteiger partial charge is 0.338 e. The number of anilines is 1. The number of rotatable bonds is 8. The summed E-state index contributed by atoms with van der Waals surface area (Å²) in [4.78, 5) is 42.8. The normalized spacial score (nSPS) is 10.9. The monoisotopic (exact) mass is 427 g/mol. The number of aryl methyl sites for hydroxylation is 2. The van der Waals surface area contributed by atoms with Gasteiger partial charge in [-0.3, -0.25) is 14.2 Å². The molecule has 30 heavy (non-hydrogen) atoms. The molecule has 158 valence electrons. The lowest BCUT2D eigenvalue weighted by atomic mass is 10.2. The van der Waals surface area contributed by atoms with Gasteiger partial charge in [0.2, 0.25) is 0 Å². The van der Waals surface area contributed by atoms with E-state index in [-0.39, 0.29) is 17.4 Å². The number of esters is 1. The molecule has 0 spiro atoms. The minimum atomic E-state index is -0.388. The molecule has 0 aliphatic heterocycles. The van der Waals surface area contributed by atoms with Crippen molar-refractivity contribution in [1.29, 1.82) is 0 Å². The molecule has 0 aliphatic carbocycles. The molecule has 0 unspecified atom stereocenters. The highest BCUT2D eigenvalue weighted by molar-refractivity contribution is 7.20. The predicted molar refractivity (Wildman–Crippen MR) is 118 cm³/mol. The second-order valence-corrected chi connectivity index (χ2v) is 8.00. The molecule has 2 heterocycles. The number of thiophene rings is 1. The van der Waals surface area contributed by atoms with E-state index in [1.807, 2.05) is 6.92 Å². The van der Waals surface area contributed by atoms with Crippen molar-refractivity contribution in [3.63, 3.8) is 0 Å². The topological polar surface area (TPSA) is 90.3 Å². The number of hydrogen-bond donors (Lipinski definition) is 1. The molecule has 8 heteroatoms. The Hall–Kier alpha value is -3.00. The molecule has 2 aromatic heterocycles. The van der Waals surface area contributed by atoms with Crippen LogP contribution in [0.15, 0.2) is 35.4 Å². The van der Waals surface area contributed by atoms with Gasteiger partial charge < -0.3 is 10.1 Å². The third-order valence-corrected chi connectivity index (χ3v) is 5.89. The maximum Gasteiger partial charge on any atom is 0.338 e. The van der Waals surface area contributed by atoms with Crippen LogP contribution in [0.4, 0.5) is 5.69 Å². The number of ether oxygens (including phenoxy) is 1. The summed E-state index contributed by atoms with van der Waals surface area (Å²) in [6.07, 6.45) is 4.18. The highest BCUT2D eigenvalue weighted by atomic mass is 32.1. The number of aromatic nitrogens is 2. The third-order valence-electron chi connectivity index (χ3n) is 4.69. The van der Waals surface area contributed by atoms with E-state index >= 15 is 0 Å². The lowest BCUT2D eigenvalue weighted by Gasteiger charge is -2.06. The first-order valence-corrected chi connectivity index (χ1v) is 10.8. The molecule has 3 rings (SSSR count). The van der Waals surface area contributed by atoms with Gasteiger partial charge in [-0.1, -0.05) is 20.3 Å². The Balaban J connectivity index is 1.80. The first kappa shape index (κ1) is 21.7. The van der Waals surface area contributed by atoms with Crippen molar-refractivity contribution in [3.05, 3.63) is 57.0 Å². The fraction of sp³-hybridized carbons (Fsp3) is 0.364. The molecule has 3 aromatic rings. The van der Waals surface area contributed by atoms with Crippen LogP contribution in [0.2, 0.25) is 0 Å². The van der Waals surface area contributed by atoms with Gasteiger partial charge in [0.1, 0.15) is 4.83 Å². The van der Waals surface area contributed by atoms with Crippen molar-refractivity contribution in [2.75, 3.05) is 11.9 Å². The summed E-state index contributed by atoms with van der Waals surface area (Å²) in [6, 6.07) is 6.52. The quantitative estimate of drug-likeness (QED) is 0.539. The zero-order valence-electron chi connectivity index (χ0n) is 17.4. The van der Waals surface area contributed by atoms with Crippen molar-refractivity contribution < 1.29 is 14.3 Å². The zero-order valence-corrected chi connectivity index (χ0v) is 18.2. The molecule has 0 atom stereocenters.